The van der Waals surface area contributed by atoms with Crippen molar-refractivity contribution in [2.45, 2.75) is 25.8 Å². The van der Waals surface area contributed by atoms with E-state index in [-0.39, 0.29) is 10.2 Å². The number of carbonyl (C=O) groups is 2. The Bertz CT molecular complexity index is 1070. The van der Waals surface area contributed by atoms with Crippen LogP contribution in [0.4, 0.5) is 0 Å². The highest BCUT2D eigenvalue weighted by Gasteiger charge is 2.41. The Hall–Kier alpha value is -2.36. The predicted molar refractivity (Wildman–Crippen MR) is 137 cm³/mol. The number of unbranched alkanes of at least 4 members (excludes halogenated alkanes) is 1. The van der Waals surface area contributed by atoms with Crippen molar-refractivity contribution >= 4 is 62.2 Å². The first-order chi connectivity index (χ1) is 15.9. The fourth-order valence-electron chi connectivity index (χ4n) is 3.27. The highest BCUT2D eigenvalue weighted by Crippen LogP contribution is 2.41. The minimum absolute atomic E-state index is 0.288. The monoisotopic (exact) mass is 549 g/mol. The Morgan fingerprint density at radius 3 is 2.61 bits per heavy atom. The lowest BCUT2D eigenvalue weighted by Crippen LogP contribution is -2.37. The summed E-state index contributed by atoms with van der Waals surface area (Å²) in [7, 11) is 2.86. The third kappa shape index (κ3) is 5.77. The lowest BCUT2D eigenvalue weighted by Gasteiger charge is -2.24. The van der Waals surface area contributed by atoms with E-state index in [4.69, 9.17) is 26.4 Å². The van der Waals surface area contributed by atoms with Gasteiger partial charge >= 0.3 is 5.97 Å². The molecule has 1 fully saturated rings. The normalized spacial score (nSPS) is 15.6. The largest absolute Gasteiger partial charge is 0.493 e. The summed E-state index contributed by atoms with van der Waals surface area (Å²) in [6, 6.07) is 11.7. The van der Waals surface area contributed by atoms with Crippen LogP contribution in [0, 0.1) is 0 Å². The lowest BCUT2D eigenvalue weighted by molar-refractivity contribution is -0.148. The van der Waals surface area contributed by atoms with Gasteiger partial charge in [-0.05, 0) is 51.7 Å². The zero-order valence-electron chi connectivity index (χ0n) is 18.5. The van der Waals surface area contributed by atoms with Crippen LogP contribution in [0.2, 0.25) is 0 Å². The number of halogens is 1. The van der Waals surface area contributed by atoms with Crippen molar-refractivity contribution in [3.05, 3.63) is 63.0 Å². The van der Waals surface area contributed by atoms with Crippen LogP contribution < -0.4 is 9.47 Å². The van der Waals surface area contributed by atoms with Crippen molar-refractivity contribution in [1.29, 1.82) is 0 Å². The molecule has 0 bridgehead atoms. The van der Waals surface area contributed by atoms with Crippen molar-refractivity contribution in [3.8, 4) is 11.5 Å². The molecule has 0 aromatic heterocycles. The van der Waals surface area contributed by atoms with Crippen LogP contribution in [-0.4, -0.2) is 41.9 Å². The van der Waals surface area contributed by atoms with Crippen LogP contribution in [0.5, 0.6) is 11.5 Å². The fraction of sp³-hybridized carbons (Fsp3) is 0.292. The highest BCUT2D eigenvalue weighted by molar-refractivity contribution is 9.10. The second-order valence-electron chi connectivity index (χ2n) is 7.12. The molecule has 0 aliphatic carbocycles. The quantitative estimate of drug-likeness (QED) is 0.171. The first-order valence-corrected chi connectivity index (χ1v) is 12.3. The summed E-state index contributed by atoms with van der Waals surface area (Å²) >= 11 is 10.2. The number of carbonyl (C=O) groups excluding carboxylic acids is 2. The number of hydrogen-bond donors (Lipinski definition) is 0. The summed E-state index contributed by atoms with van der Waals surface area (Å²) in [5.41, 5.74) is 1.36. The number of hydrogen-bond acceptors (Lipinski definition) is 7. The van der Waals surface area contributed by atoms with Crippen molar-refractivity contribution < 1.29 is 23.8 Å². The van der Waals surface area contributed by atoms with Gasteiger partial charge in [0.2, 0.25) is 0 Å². The molecule has 174 valence electrons. The van der Waals surface area contributed by atoms with Gasteiger partial charge in [-0.15, -0.1) is 0 Å². The van der Waals surface area contributed by atoms with Gasteiger partial charge in [0.1, 0.15) is 4.32 Å². The predicted octanol–water partition coefficient (Wildman–Crippen LogP) is 5.75. The van der Waals surface area contributed by atoms with Crippen LogP contribution in [0.1, 0.15) is 36.9 Å². The molecule has 1 saturated heterocycles. The molecular formula is C24H24BrNO5S2. The second kappa shape index (κ2) is 11.7. The van der Waals surface area contributed by atoms with Crippen molar-refractivity contribution in [3.63, 3.8) is 0 Å². The number of amides is 1. The minimum atomic E-state index is -0.954. The smallest absolute Gasteiger partial charge is 0.333 e. The van der Waals surface area contributed by atoms with E-state index in [1.54, 1.807) is 43.5 Å². The SMILES string of the molecule is CCCCOc1c(Br)cc(/C=C2\SC(=S)N(C(C(=O)OC)c3ccccc3)C2=O)cc1OC. The maximum absolute atomic E-state index is 13.3. The van der Waals surface area contributed by atoms with E-state index in [0.29, 0.717) is 28.6 Å². The van der Waals surface area contributed by atoms with E-state index in [9.17, 15) is 9.59 Å². The Kier molecular flexibility index (Phi) is 8.94. The number of esters is 1. The summed E-state index contributed by atoms with van der Waals surface area (Å²) in [6.07, 6.45) is 3.68. The molecule has 2 aromatic rings. The molecule has 3 rings (SSSR count). The number of thioether (sulfide) groups is 1. The molecule has 0 spiro atoms. The molecule has 6 nitrogen and oxygen atoms in total. The van der Waals surface area contributed by atoms with Gasteiger partial charge in [0, 0.05) is 0 Å². The fourth-order valence-corrected chi connectivity index (χ4v) is 5.16. The van der Waals surface area contributed by atoms with Gasteiger partial charge in [0.15, 0.2) is 17.5 Å². The van der Waals surface area contributed by atoms with Gasteiger partial charge < -0.3 is 14.2 Å². The van der Waals surface area contributed by atoms with Crippen LogP contribution in [0.3, 0.4) is 0 Å². The Labute approximate surface area is 211 Å². The zero-order valence-corrected chi connectivity index (χ0v) is 21.7. The Balaban J connectivity index is 1.93. The number of rotatable bonds is 9. The van der Waals surface area contributed by atoms with Gasteiger partial charge in [0.25, 0.3) is 5.91 Å². The van der Waals surface area contributed by atoms with E-state index in [1.165, 1.54) is 12.0 Å². The Morgan fingerprint density at radius 2 is 1.97 bits per heavy atom. The number of ether oxygens (including phenoxy) is 3. The average Bonchev–Trinajstić information content (AvgIpc) is 3.08. The number of methoxy groups -OCH3 is 2. The minimum Gasteiger partial charge on any atom is -0.493 e. The first kappa shape index (κ1) is 25.3. The standard InChI is InChI=1S/C24H24BrNO5S2/c1-4-5-11-31-21-17(25)12-15(13-18(21)29-2)14-19-22(27)26(24(32)33-19)20(23(28)30-3)16-9-7-6-8-10-16/h6-10,12-14,20H,4-5,11H2,1-3H3/b19-14-. The van der Waals surface area contributed by atoms with E-state index in [2.05, 4.69) is 22.9 Å². The van der Waals surface area contributed by atoms with Crippen molar-refractivity contribution in [2.75, 3.05) is 20.8 Å². The highest BCUT2D eigenvalue weighted by atomic mass is 79.9. The molecule has 33 heavy (non-hydrogen) atoms. The number of thiocarbonyl (C=S) groups is 1. The van der Waals surface area contributed by atoms with Crippen LogP contribution in [0.25, 0.3) is 6.08 Å². The van der Waals surface area contributed by atoms with E-state index < -0.39 is 12.0 Å². The first-order valence-electron chi connectivity index (χ1n) is 10.3. The van der Waals surface area contributed by atoms with Crippen LogP contribution in [0.15, 0.2) is 51.8 Å². The van der Waals surface area contributed by atoms with Gasteiger partial charge in [-0.3, -0.25) is 9.69 Å². The average molecular weight is 550 g/mol. The molecule has 1 aliphatic heterocycles. The van der Waals surface area contributed by atoms with Crippen LogP contribution in [-0.2, 0) is 14.3 Å². The van der Waals surface area contributed by atoms with E-state index in [0.717, 1.165) is 34.6 Å². The third-order valence-corrected chi connectivity index (χ3v) is 6.83. The van der Waals surface area contributed by atoms with Crippen molar-refractivity contribution in [1.82, 2.24) is 4.90 Å². The number of nitrogens with zero attached hydrogens (tertiary/aromatic N) is 1. The molecule has 2 aromatic carbocycles. The van der Waals surface area contributed by atoms with Gasteiger partial charge in [-0.1, -0.05) is 67.7 Å². The summed E-state index contributed by atoms with van der Waals surface area (Å²) in [6.45, 7) is 2.68. The molecular weight excluding hydrogens is 526 g/mol. The maximum atomic E-state index is 13.3. The molecule has 1 unspecified atom stereocenters. The summed E-state index contributed by atoms with van der Waals surface area (Å²) in [5, 5.41) is 0. The summed E-state index contributed by atoms with van der Waals surface area (Å²) in [4.78, 5) is 27.6. The molecule has 0 saturated carbocycles. The maximum Gasteiger partial charge on any atom is 0.333 e. The lowest BCUT2D eigenvalue weighted by atomic mass is 10.1. The topological polar surface area (TPSA) is 65.1 Å². The molecule has 0 radical (unpaired) electrons. The summed E-state index contributed by atoms with van der Waals surface area (Å²) < 4.78 is 17.3. The van der Waals surface area contributed by atoms with Gasteiger partial charge in [-0.2, -0.15) is 0 Å². The van der Waals surface area contributed by atoms with E-state index in [1.807, 2.05) is 12.1 Å². The van der Waals surface area contributed by atoms with Crippen molar-refractivity contribution in [2.24, 2.45) is 0 Å². The molecule has 1 amide bonds. The molecule has 1 heterocycles. The van der Waals surface area contributed by atoms with Crippen LogP contribution >= 0.6 is 39.9 Å². The summed E-state index contributed by atoms with van der Waals surface area (Å²) in [5.74, 6) is 0.253. The molecule has 0 N–H and O–H groups in total. The molecule has 1 atom stereocenters. The second-order valence-corrected chi connectivity index (χ2v) is 9.65. The molecule has 9 heteroatoms. The Morgan fingerprint density at radius 1 is 1.24 bits per heavy atom. The number of benzene rings is 2. The molecule has 1 aliphatic rings. The van der Waals surface area contributed by atoms with E-state index >= 15 is 0 Å². The third-order valence-electron chi connectivity index (χ3n) is 4.92. The van der Waals surface area contributed by atoms with Gasteiger partial charge in [-0.25, -0.2) is 4.79 Å². The zero-order chi connectivity index (χ0) is 24.0. The van der Waals surface area contributed by atoms with Gasteiger partial charge in [0.05, 0.1) is 30.2 Å².